The van der Waals surface area contributed by atoms with E-state index in [2.05, 4.69) is 10.6 Å². The van der Waals surface area contributed by atoms with Gasteiger partial charge in [-0.3, -0.25) is 25.0 Å². The van der Waals surface area contributed by atoms with Crippen molar-refractivity contribution in [1.82, 2.24) is 20.4 Å². The fourth-order valence-electron chi connectivity index (χ4n) is 5.62. The molecular formula is C24H25N5O10S. The molecule has 4 aliphatic rings. The van der Waals surface area contributed by atoms with E-state index < -0.39 is 70.2 Å². The molecule has 1 unspecified atom stereocenters. The standard InChI is InChI=1S/C24H25N5O10S/c1-10(30)17-14-7-16(19(22(33)34)28(14)21(17)32)40-13-6-15(18-20(31)26-23(35)25-18)27(8-13)24(36)39-9-11-2-4-12(5-3-11)29(37)38/h2-5,10,13-15,17-18,30H,6-9H2,1H3,(H,33,34)(H2,25,26,31,35)/t10-,13+,14-,15+,17-,18?/m1/s1. The molecule has 0 aromatic heterocycles. The molecule has 212 valence electrons. The van der Waals surface area contributed by atoms with E-state index >= 15 is 0 Å². The number of rotatable bonds is 8. The van der Waals surface area contributed by atoms with E-state index in [1.54, 1.807) is 0 Å². The summed E-state index contributed by atoms with van der Waals surface area (Å²) in [6, 6.07) is 2.42. The van der Waals surface area contributed by atoms with Gasteiger partial charge in [-0.25, -0.2) is 14.4 Å². The number of aliphatic hydroxyl groups is 1. The van der Waals surface area contributed by atoms with Gasteiger partial charge >= 0.3 is 18.1 Å². The Labute approximate surface area is 230 Å². The van der Waals surface area contributed by atoms with Crippen molar-refractivity contribution in [2.75, 3.05) is 6.54 Å². The number of hydrogen-bond acceptors (Lipinski definition) is 10. The summed E-state index contributed by atoms with van der Waals surface area (Å²) in [5.41, 5.74) is 0.224. The minimum atomic E-state index is -1.28. The number of fused-ring (bicyclic) bond motifs is 1. The van der Waals surface area contributed by atoms with Gasteiger partial charge in [-0.15, -0.1) is 11.8 Å². The van der Waals surface area contributed by atoms with Crippen LogP contribution in [0.3, 0.4) is 0 Å². The number of hydrogen-bond donors (Lipinski definition) is 4. The predicted octanol–water partition coefficient (Wildman–Crippen LogP) is 0.523. The zero-order chi connectivity index (χ0) is 28.9. The minimum Gasteiger partial charge on any atom is -0.477 e. The summed E-state index contributed by atoms with van der Waals surface area (Å²) in [5, 5.41) is 34.9. The Balaban J connectivity index is 1.32. The van der Waals surface area contributed by atoms with Crippen LogP contribution in [0.4, 0.5) is 15.3 Å². The molecule has 4 N–H and O–H groups in total. The predicted molar refractivity (Wildman–Crippen MR) is 135 cm³/mol. The van der Waals surface area contributed by atoms with E-state index in [4.69, 9.17) is 4.74 Å². The zero-order valence-corrected chi connectivity index (χ0v) is 21.8. The molecule has 4 aliphatic heterocycles. The highest BCUT2D eigenvalue weighted by atomic mass is 32.2. The van der Waals surface area contributed by atoms with Crippen LogP contribution in [0.25, 0.3) is 0 Å². The number of nitrogens with one attached hydrogen (secondary N) is 2. The molecule has 0 spiro atoms. The summed E-state index contributed by atoms with van der Waals surface area (Å²) in [7, 11) is 0. The zero-order valence-electron chi connectivity index (χ0n) is 21.0. The van der Waals surface area contributed by atoms with Crippen molar-refractivity contribution in [2.45, 2.75) is 55.9 Å². The molecule has 5 amide bonds. The van der Waals surface area contributed by atoms with Gasteiger partial charge in [0.05, 0.1) is 29.0 Å². The number of ether oxygens (including phenoxy) is 1. The van der Waals surface area contributed by atoms with Gasteiger partial charge in [0.1, 0.15) is 18.3 Å². The first kappa shape index (κ1) is 27.4. The first-order chi connectivity index (χ1) is 19.0. The first-order valence-electron chi connectivity index (χ1n) is 12.4. The van der Waals surface area contributed by atoms with Gasteiger partial charge in [0.25, 0.3) is 11.6 Å². The second-order valence-electron chi connectivity index (χ2n) is 9.94. The van der Waals surface area contributed by atoms with Crippen LogP contribution in [-0.4, -0.2) is 90.9 Å². The number of carboxylic acid groups (broad SMARTS) is 1. The number of β-lactam (4-membered cyclic amide) rings is 1. The number of nitrogens with zero attached hydrogens (tertiary/aromatic N) is 3. The third kappa shape index (κ3) is 4.83. The minimum absolute atomic E-state index is 0.0585. The van der Waals surface area contributed by atoms with Crippen LogP contribution >= 0.6 is 11.8 Å². The normalized spacial score (nSPS) is 28.1. The van der Waals surface area contributed by atoms with Crippen LogP contribution in [-0.2, 0) is 25.7 Å². The van der Waals surface area contributed by atoms with Crippen LogP contribution < -0.4 is 10.6 Å². The van der Waals surface area contributed by atoms with Gasteiger partial charge < -0.3 is 30.1 Å². The number of urea groups is 1. The van der Waals surface area contributed by atoms with Crippen LogP contribution in [0.2, 0.25) is 0 Å². The summed E-state index contributed by atoms with van der Waals surface area (Å²) in [5.74, 6) is -3.06. The summed E-state index contributed by atoms with van der Waals surface area (Å²) in [6.45, 7) is 1.34. The molecule has 1 aromatic carbocycles. The average Bonchev–Trinajstić information content (AvgIpc) is 3.55. The fraction of sp³-hybridized carbons (Fsp3) is 0.458. The Kier molecular flexibility index (Phi) is 7.14. The fourth-order valence-corrected chi connectivity index (χ4v) is 7.12. The number of thioether (sulfide) groups is 1. The molecular weight excluding hydrogens is 550 g/mol. The number of aliphatic carboxylic acids is 1. The summed E-state index contributed by atoms with van der Waals surface area (Å²) in [6.07, 6.45) is -1.27. The van der Waals surface area contributed by atoms with Gasteiger partial charge in [0.15, 0.2) is 0 Å². The van der Waals surface area contributed by atoms with E-state index in [1.165, 1.54) is 52.8 Å². The van der Waals surface area contributed by atoms with Crippen molar-refractivity contribution >= 4 is 47.4 Å². The number of amides is 5. The summed E-state index contributed by atoms with van der Waals surface area (Å²) in [4.78, 5) is 75.2. The highest BCUT2D eigenvalue weighted by molar-refractivity contribution is 8.03. The molecule has 1 aromatic rings. The largest absolute Gasteiger partial charge is 0.477 e. The number of benzene rings is 1. The third-order valence-corrected chi connectivity index (χ3v) is 8.76. The SMILES string of the molecule is C[C@@H](O)[C@H]1C(=O)N2C(C(=O)O)=C(S[C@H]3C[C@@H](C4NC(=O)NC4=O)N(C(=O)OCc4ccc([N+](=O)[O-])cc4)C3)C[C@H]12. The number of aliphatic hydroxyl groups excluding tert-OH is 1. The van der Waals surface area contributed by atoms with Crippen LogP contribution in [0.5, 0.6) is 0 Å². The van der Waals surface area contributed by atoms with Gasteiger partial charge in [-0.05, 0) is 31.0 Å². The number of likely N-dealkylation sites (tertiary alicyclic amines) is 1. The topological polar surface area (TPSA) is 209 Å². The van der Waals surface area contributed by atoms with Crippen molar-refractivity contribution in [3.05, 3.63) is 50.5 Å². The molecule has 0 radical (unpaired) electrons. The Bertz CT molecular complexity index is 1330. The Hall–Kier alpha value is -4.18. The first-order valence-corrected chi connectivity index (χ1v) is 13.3. The number of carboxylic acids is 1. The molecule has 5 rings (SSSR count). The average molecular weight is 576 g/mol. The molecule has 16 heteroatoms. The monoisotopic (exact) mass is 575 g/mol. The Morgan fingerprint density at radius 3 is 2.50 bits per heavy atom. The second kappa shape index (κ2) is 10.4. The van der Waals surface area contributed by atoms with E-state index in [-0.39, 0.29) is 37.4 Å². The number of carbonyl (C=O) groups excluding carboxylic acids is 4. The number of nitro groups is 1. The second-order valence-corrected chi connectivity index (χ2v) is 11.3. The van der Waals surface area contributed by atoms with Crippen LogP contribution in [0, 0.1) is 16.0 Å². The van der Waals surface area contributed by atoms with Gasteiger partial charge in [0, 0.05) is 35.3 Å². The third-order valence-electron chi connectivity index (χ3n) is 7.44. The molecule has 40 heavy (non-hydrogen) atoms. The van der Waals surface area contributed by atoms with Crippen LogP contribution in [0.15, 0.2) is 34.9 Å². The highest BCUT2D eigenvalue weighted by Crippen LogP contribution is 2.49. The molecule has 15 nitrogen and oxygen atoms in total. The molecule has 0 bridgehead atoms. The van der Waals surface area contributed by atoms with Crippen molar-refractivity contribution in [3.63, 3.8) is 0 Å². The van der Waals surface area contributed by atoms with Crippen molar-refractivity contribution in [2.24, 2.45) is 5.92 Å². The summed E-state index contributed by atoms with van der Waals surface area (Å²) < 4.78 is 5.42. The highest BCUT2D eigenvalue weighted by Gasteiger charge is 2.57. The molecule has 6 atom stereocenters. The van der Waals surface area contributed by atoms with Crippen molar-refractivity contribution < 1.29 is 43.8 Å². The molecule has 0 saturated carbocycles. The smallest absolute Gasteiger partial charge is 0.410 e. The van der Waals surface area contributed by atoms with Gasteiger partial charge in [0.2, 0.25) is 5.91 Å². The molecule has 4 heterocycles. The van der Waals surface area contributed by atoms with Crippen LogP contribution in [0.1, 0.15) is 25.3 Å². The maximum Gasteiger partial charge on any atom is 0.410 e. The lowest BCUT2D eigenvalue weighted by molar-refractivity contribution is -0.384. The van der Waals surface area contributed by atoms with Gasteiger partial charge in [-0.2, -0.15) is 0 Å². The number of non-ortho nitro benzene ring substituents is 1. The summed E-state index contributed by atoms with van der Waals surface area (Å²) >= 11 is 1.18. The van der Waals surface area contributed by atoms with Gasteiger partial charge in [-0.1, -0.05) is 0 Å². The lowest BCUT2D eigenvalue weighted by Gasteiger charge is -2.44. The Morgan fingerprint density at radius 1 is 1.23 bits per heavy atom. The lowest BCUT2D eigenvalue weighted by atomic mass is 9.83. The number of imide groups is 1. The van der Waals surface area contributed by atoms with Crippen molar-refractivity contribution in [3.8, 4) is 0 Å². The van der Waals surface area contributed by atoms with Crippen molar-refractivity contribution in [1.29, 1.82) is 0 Å². The number of nitro benzene ring substituents is 1. The Morgan fingerprint density at radius 2 is 1.93 bits per heavy atom. The molecule has 0 aliphatic carbocycles. The molecule has 3 fully saturated rings. The van der Waals surface area contributed by atoms with E-state index in [0.29, 0.717) is 10.5 Å². The van der Waals surface area contributed by atoms with E-state index in [1.807, 2.05) is 0 Å². The van der Waals surface area contributed by atoms with E-state index in [0.717, 1.165) is 0 Å². The molecule has 3 saturated heterocycles. The quantitative estimate of drug-likeness (QED) is 0.145. The van der Waals surface area contributed by atoms with E-state index in [9.17, 15) is 44.3 Å². The lowest BCUT2D eigenvalue weighted by Crippen LogP contribution is -2.61. The maximum absolute atomic E-state index is 13.1. The maximum atomic E-state index is 13.1. The number of carbonyl (C=O) groups is 5.